The van der Waals surface area contributed by atoms with Gasteiger partial charge in [-0.2, -0.15) is 0 Å². The van der Waals surface area contributed by atoms with Gasteiger partial charge in [0.15, 0.2) is 5.70 Å². The first-order chi connectivity index (χ1) is 9.22. The summed E-state index contributed by atoms with van der Waals surface area (Å²) in [7, 11) is 0. The number of esters is 1. The molecule has 3 rings (SSSR count). The van der Waals surface area contributed by atoms with Crippen LogP contribution in [0.25, 0.3) is 6.08 Å². The number of hydrogen-bond donors (Lipinski definition) is 0. The van der Waals surface area contributed by atoms with E-state index in [9.17, 15) is 4.79 Å². The number of hydrogen-bond acceptors (Lipinski definition) is 4. The van der Waals surface area contributed by atoms with Gasteiger partial charge in [-0.3, -0.25) is 0 Å². The monoisotopic (exact) mass is 269 g/mol. The average molecular weight is 269 g/mol. The lowest BCUT2D eigenvalue weighted by atomic mass is 10.2. The Morgan fingerprint density at radius 2 is 1.95 bits per heavy atom. The van der Waals surface area contributed by atoms with Gasteiger partial charge in [0.1, 0.15) is 0 Å². The highest BCUT2D eigenvalue weighted by Crippen LogP contribution is 2.22. The van der Waals surface area contributed by atoms with E-state index in [1.807, 2.05) is 49.4 Å². The molecule has 0 saturated heterocycles. The van der Waals surface area contributed by atoms with Gasteiger partial charge in [-0.15, -0.1) is 11.3 Å². The minimum atomic E-state index is -0.398. The molecule has 0 spiro atoms. The number of rotatable bonds is 2. The second-order valence-corrected chi connectivity index (χ2v) is 5.47. The maximum absolute atomic E-state index is 11.8. The quantitative estimate of drug-likeness (QED) is 0.619. The maximum atomic E-state index is 11.8. The number of aliphatic imine (C=N–C) groups is 1. The van der Waals surface area contributed by atoms with Crippen molar-refractivity contribution in [2.45, 2.75) is 6.92 Å². The summed E-state index contributed by atoms with van der Waals surface area (Å²) in [5.74, 6) is -0.0324. The lowest BCUT2D eigenvalue weighted by Gasteiger charge is -1.97. The number of carbonyl (C=O) groups excluding carboxylic acids is 1. The first kappa shape index (κ1) is 11.9. The topological polar surface area (TPSA) is 38.7 Å². The highest BCUT2D eigenvalue weighted by atomic mass is 32.1. The Hall–Kier alpha value is -2.20. The van der Waals surface area contributed by atoms with Gasteiger partial charge in [0.2, 0.25) is 5.90 Å². The van der Waals surface area contributed by atoms with Crippen LogP contribution in [-0.2, 0) is 9.53 Å². The first-order valence-electron chi connectivity index (χ1n) is 5.87. The van der Waals surface area contributed by atoms with Crippen molar-refractivity contribution in [3.63, 3.8) is 0 Å². The SMILES string of the molecule is Cc1ccc(/C=C2/N=C(c3ccccc3)OC2=O)s1. The van der Waals surface area contributed by atoms with Gasteiger partial charge in [-0.05, 0) is 37.3 Å². The number of ether oxygens (including phenoxy) is 1. The van der Waals surface area contributed by atoms with Crippen LogP contribution in [0.1, 0.15) is 15.3 Å². The summed E-state index contributed by atoms with van der Waals surface area (Å²) in [4.78, 5) is 18.2. The summed E-state index contributed by atoms with van der Waals surface area (Å²) in [5, 5.41) is 0. The van der Waals surface area contributed by atoms with Crippen molar-refractivity contribution in [2.75, 3.05) is 0 Å². The molecule has 94 valence electrons. The van der Waals surface area contributed by atoms with E-state index in [4.69, 9.17) is 4.74 Å². The minimum absolute atomic E-state index is 0.348. The van der Waals surface area contributed by atoms with Crippen molar-refractivity contribution >= 4 is 29.3 Å². The molecule has 19 heavy (non-hydrogen) atoms. The van der Waals surface area contributed by atoms with Gasteiger partial charge in [-0.1, -0.05) is 18.2 Å². The molecule has 0 saturated carbocycles. The molecule has 4 heteroatoms. The molecule has 0 fully saturated rings. The maximum Gasteiger partial charge on any atom is 0.363 e. The lowest BCUT2D eigenvalue weighted by molar-refractivity contribution is -0.129. The van der Waals surface area contributed by atoms with Crippen molar-refractivity contribution in [1.29, 1.82) is 0 Å². The summed E-state index contributed by atoms with van der Waals surface area (Å²) < 4.78 is 5.19. The van der Waals surface area contributed by atoms with E-state index in [2.05, 4.69) is 4.99 Å². The molecule has 0 aliphatic carbocycles. The first-order valence-corrected chi connectivity index (χ1v) is 6.68. The highest BCUT2D eigenvalue weighted by molar-refractivity contribution is 7.12. The van der Waals surface area contributed by atoms with E-state index in [0.717, 1.165) is 10.4 Å². The Balaban J connectivity index is 1.94. The Morgan fingerprint density at radius 3 is 2.63 bits per heavy atom. The average Bonchev–Trinajstić information content (AvgIpc) is 2.98. The van der Waals surface area contributed by atoms with Gasteiger partial charge < -0.3 is 4.74 Å². The van der Waals surface area contributed by atoms with E-state index in [0.29, 0.717) is 11.6 Å². The van der Waals surface area contributed by atoms with Gasteiger partial charge in [0, 0.05) is 15.3 Å². The van der Waals surface area contributed by atoms with Crippen molar-refractivity contribution in [3.8, 4) is 0 Å². The van der Waals surface area contributed by atoms with E-state index >= 15 is 0 Å². The van der Waals surface area contributed by atoms with Crippen LogP contribution in [-0.4, -0.2) is 11.9 Å². The summed E-state index contributed by atoms with van der Waals surface area (Å²) in [6, 6.07) is 13.4. The standard InChI is InChI=1S/C15H11NO2S/c1-10-7-8-12(19-10)9-13-15(17)18-14(16-13)11-5-3-2-4-6-11/h2-9H,1H3/b13-9+. The minimum Gasteiger partial charge on any atom is -0.402 e. The molecule has 0 amide bonds. The van der Waals surface area contributed by atoms with E-state index in [1.54, 1.807) is 17.4 Å². The third-order valence-electron chi connectivity index (χ3n) is 2.68. The Kier molecular flexibility index (Phi) is 3.01. The zero-order valence-corrected chi connectivity index (χ0v) is 11.1. The van der Waals surface area contributed by atoms with Gasteiger partial charge in [-0.25, -0.2) is 9.79 Å². The molecule has 0 radical (unpaired) electrons. The normalized spacial score (nSPS) is 16.6. The van der Waals surface area contributed by atoms with Crippen molar-refractivity contribution in [3.05, 3.63) is 63.5 Å². The van der Waals surface area contributed by atoms with Crippen molar-refractivity contribution in [1.82, 2.24) is 0 Å². The van der Waals surface area contributed by atoms with Gasteiger partial charge >= 0.3 is 5.97 Å². The predicted molar refractivity (Wildman–Crippen MR) is 76.1 cm³/mol. The molecular weight excluding hydrogens is 258 g/mol. The Bertz CT molecular complexity index is 683. The van der Waals surface area contributed by atoms with Crippen LogP contribution in [0.4, 0.5) is 0 Å². The molecule has 2 heterocycles. The smallest absolute Gasteiger partial charge is 0.363 e. The van der Waals surface area contributed by atoms with Crippen LogP contribution >= 0.6 is 11.3 Å². The molecule has 1 aromatic carbocycles. The zero-order chi connectivity index (χ0) is 13.2. The zero-order valence-electron chi connectivity index (χ0n) is 10.3. The number of benzene rings is 1. The van der Waals surface area contributed by atoms with E-state index in [-0.39, 0.29) is 0 Å². The number of nitrogens with zero attached hydrogens (tertiary/aromatic N) is 1. The van der Waals surface area contributed by atoms with Crippen LogP contribution in [0, 0.1) is 6.92 Å². The molecule has 1 aliphatic heterocycles. The van der Waals surface area contributed by atoms with Crippen LogP contribution in [0.2, 0.25) is 0 Å². The molecule has 0 atom stereocenters. The third-order valence-corrected chi connectivity index (χ3v) is 3.63. The summed E-state index contributed by atoms with van der Waals surface area (Å²) >= 11 is 1.62. The summed E-state index contributed by atoms with van der Waals surface area (Å²) in [6.07, 6.45) is 1.76. The Labute approximate surface area is 114 Å². The molecule has 0 unspecified atom stereocenters. The fraction of sp³-hybridized carbons (Fsp3) is 0.0667. The molecule has 0 bridgehead atoms. The number of carbonyl (C=O) groups is 1. The largest absolute Gasteiger partial charge is 0.402 e. The van der Waals surface area contributed by atoms with Crippen LogP contribution in [0.3, 0.4) is 0 Å². The predicted octanol–water partition coefficient (Wildman–Crippen LogP) is 3.40. The second-order valence-electron chi connectivity index (χ2n) is 4.15. The molecular formula is C15H11NO2S. The number of thiophene rings is 1. The fourth-order valence-corrected chi connectivity index (χ4v) is 2.59. The van der Waals surface area contributed by atoms with Crippen LogP contribution in [0.15, 0.2) is 53.2 Å². The van der Waals surface area contributed by atoms with E-state index in [1.165, 1.54) is 4.88 Å². The summed E-state index contributed by atoms with van der Waals surface area (Å²) in [5.41, 5.74) is 1.15. The molecule has 2 aromatic rings. The third kappa shape index (κ3) is 2.48. The molecule has 0 N–H and O–H groups in total. The summed E-state index contributed by atoms with van der Waals surface area (Å²) in [6.45, 7) is 2.03. The molecule has 3 nitrogen and oxygen atoms in total. The number of cyclic esters (lactones) is 1. The molecule has 1 aromatic heterocycles. The lowest BCUT2D eigenvalue weighted by Crippen LogP contribution is -2.04. The van der Waals surface area contributed by atoms with Crippen LogP contribution < -0.4 is 0 Å². The highest BCUT2D eigenvalue weighted by Gasteiger charge is 2.23. The van der Waals surface area contributed by atoms with Gasteiger partial charge in [0.05, 0.1) is 0 Å². The second kappa shape index (κ2) is 4.82. The fourth-order valence-electron chi connectivity index (χ4n) is 1.78. The Morgan fingerprint density at radius 1 is 1.16 bits per heavy atom. The van der Waals surface area contributed by atoms with E-state index < -0.39 is 5.97 Å². The van der Waals surface area contributed by atoms with Crippen molar-refractivity contribution in [2.24, 2.45) is 4.99 Å². The van der Waals surface area contributed by atoms with Crippen molar-refractivity contribution < 1.29 is 9.53 Å². The molecule has 1 aliphatic rings. The number of aryl methyl sites for hydroxylation is 1. The van der Waals surface area contributed by atoms with Crippen LogP contribution in [0.5, 0.6) is 0 Å². The van der Waals surface area contributed by atoms with Gasteiger partial charge in [0.25, 0.3) is 0 Å².